The molecule has 0 aromatic carbocycles. The van der Waals surface area contributed by atoms with E-state index in [9.17, 15) is 4.79 Å². The number of hydrogen-bond donors (Lipinski definition) is 1. The summed E-state index contributed by atoms with van der Waals surface area (Å²) in [4.78, 5) is 20.3. The van der Waals surface area contributed by atoms with E-state index in [0.29, 0.717) is 21.1 Å². The summed E-state index contributed by atoms with van der Waals surface area (Å²) >= 11 is 1.94. The van der Waals surface area contributed by atoms with Crippen LogP contribution in [0.1, 0.15) is 31.4 Å². The molecule has 8 heteroatoms. The number of nitrogens with two attached hydrogens (primary N) is 1. The lowest BCUT2D eigenvalue weighted by Crippen LogP contribution is -2.30. The molecular formula is C11H14IN5O2. The minimum absolute atomic E-state index is 0.125. The van der Waals surface area contributed by atoms with Crippen molar-refractivity contribution in [1.82, 2.24) is 19.7 Å². The molecule has 0 saturated heterocycles. The Morgan fingerprint density at radius 1 is 1.53 bits per heavy atom. The summed E-state index contributed by atoms with van der Waals surface area (Å²) in [7, 11) is 0. The van der Waals surface area contributed by atoms with E-state index in [-0.39, 0.29) is 12.1 Å². The average Bonchev–Trinajstić information content (AvgIpc) is 2.78. The first kappa shape index (κ1) is 14.1. The monoisotopic (exact) mass is 375 g/mol. The summed E-state index contributed by atoms with van der Waals surface area (Å²) in [5.74, 6) is 1.34. The van der Waals surface area contributed by atoms with Crippen molar-refractivity contribution < 1.29 is 4.52 Å². The number of aryl methyl sites for hydroxylation is 1. The fourth-order valence-corrected chi connectivity index (χ4v) is 1.88. The van der Waals surface area contributed by atoms with Gasteiger partial charge in [-0.15, -0.1) is 0 Å². The second-order valence-electron chi connectivity index (χ2n) is 4.78. The van der Waals surface area contributed by atoms with Gasteiger partial charge in [-0.1, -0.05) is 5.16 Å². The zero-order valence-corrected chi connectivity index (χ0v) is 13.0. The third kappa shape index (κ3) is 3.00. The highest BCUT2D eigenvalue weighted by atomic mass is 127. The van der Waals surface area contributed by atoms with Gasteiger partial charge in [-0.05, 0) is 43.4 Å². The van der Waals surface area contributed by atoms with Crippen LogP contribution in [0.15, 0.2) is 15.5 Å². The van der Waals surface area contributed by atoms with Crippen molar-refractivity contribution in [1.29, 1.82) is 0 Å². The van der Waals surface area contributed by atoms with E-state index in [1.807, 2.05) is 22.6 Å². The number of aromatic nitrogens is 4. The summed E-state index contributed by atoms with van der Waals surface area (Å²) in [6.45, 7) is 5.51. The van der Waals surface area contributed by atoms with Gasteiger partial charge in [0.25, 0.3) is 5.56 Å². The Morgan fingerprint density at radius 2 is 2.21 bits per heavy atom. The number of hydrogen-bond acceptors (Lipinski definition) is 6. The molecule has 0 amide bonds. The Morgan fingerprint density at radius 3 is 2.79 bits per heavy atom. The van der Waals surface area contributed by atoms with E-state index in [4.69, 9.17) is 10.3 Å². The molecular weight excluding hydrogens is 361 g/mol. The Hall–Kier alpha value is -1.29. The van der Waals surface area contributed by atoms with Gasteiger partial charge in [-0.25, -0.2) is 4.98 Å². The minimum atomic E-state index is -0.675. The number of nitrogens with zero attached hydrogens (tertiary/aromatic N) is 4. The lowest BCUT2D eigenvalue weighted by atomic mass is 10.1. The maximum absolute atomic E-state index is 12.0. The summed E-state index contributed by atoms with van der Waals surface area (Å²) in [6, 6.07) is 0. The van der Waals surface area contributed by atoms with Crippen molar-refractivity contribution in [2.24, 2.45) is 5.73 Å². The molecule has 0 unspecified atom stereocenters. The predicted octanol–water partition coefficient (Wildman–Crippen LogP) is 0.781. The van der Waals surface area contributed by atoms with Gasteiger partial charge in [-0.2, -0.15) is 4.98 Å². The lowest BCUT2D eigenvalue weighted by molar-refractivity contribution is 0.352. The summed E-state index contributed by atoms with van der Waals surface area (Å²) in [5.41, 5.74) is 5.08. The average molecular weight is 375 g/mol. The quantitative estimate of drug-likeness (QED) is 0.796. The normalized spacial score (nSPS) is 11.8. The molecule has 102 valence electrons. The SMILES string of the molecule is Cc1ncc(I)c(=O)n1Cc1nc(C(C)(C)N)no1. The van der Waals surface area contributed by atoms with Gasteiger partial charge in [0, 0.05) is 6.20 Å². The largest absolute Gasteiger partial charge is 0.337 e. The van der Waals surface area contributed by atoms with Crippen molar-refractivity contribution in [3.63, 3.8) is 0 Å². The van der Waals surface area contributed by atoms with E-state index in [2.05, 4.69) is 15.1 Å². The van der Waals surface area contributed by atoms with Gasteiger partial charge in [0.05, 0.1) is 9.11 Å². The molecule has 2 aromatic heterocycles. The van der Waals surface area contributed by atoms with Crippen LogP contribution in [0.4, 0.5) is 0 Å². The van der Waals surface area contributed by atoms with Gasteiger partial charge in [-0.3, -0.25) is 9.36 Å². The van der Waals surface area contributed by atoms with Gasteiger partial charge < -0.3 is 10.3 Å². The van der Waals surface area contributed by atoms with E-state index >= 15 is 0 Å². The van der Waals surface area contributed by atoms with Gasteiger partial charge >= 0.3 is 0 Å². The summed E-state index contributed by atoms with van der Waals surface area (Å²) in [5, 5.41) is 3.82. The van der Waals surface area contributed by atoms with E-state index in [1.165, 1.54) is 10.8 Å². The molecule has 0 fully saturated rings. The molecule has 0 aliphatic carbocycles. The molecule has 2 heterocycles. The van der Waals surface area contributed by atoms with Crippen LogP contribution in [-0.2, 0) is 12.1 Å². The fraction of sp³-hybridized carbons (Fsp3) is 0.455. The van der Waals surface area contributed by atoms with E-state index in [1.54, 1.807) is 20.8 Å². The van der Waals surface area contributed by atoms with Crippen LogP contribution < -0.4 is 11.3 Å². The molecule has 0 atom stereocenters. The first-order valence-electron chi connectivity index (χ1n) is 5.63. The number of halogens is 1. The second-order valence-corrected chi connectivity index (χ2v) is 5.94. The molecule has 0 aliphatic rings. The molecule has 0 radical (unpaired) electrons. The Balaban J connectivity index is 2.35. The zero-order valence-electron chi connectivity index (χ0n) is 10.8. The minimum Gasteiger partial charge on any atom is -0.337 e. The molecule has 2 aromatic rings. The highest BCUT2D eigenvalue weighted by molar-refractivity contribution is 14.1. The Labute approximate surface area is 123 Å². The summed E-state index contributed by atoms with van der Waals surface area (Å²) < 4.78 is 7.15. The van der Waals surface area contributed by atoms with Crippen molar-refractivity contribution in [3.8, 4) is 0 Å². The standard InChI is InChI=1S/C11H14IN5O2/c1-6-14-4-7(12)9(18)17(6)5-8-15-10(16-19-8)11(2,3)13/h4H,5,13H2,1-3H3. The molecule has 0 aliphatic heterocycles. The number of rotatable bonds is 3. The van der Waals surface area contributed by atoms with Crippen LogP contribution in [0.2, 0.25) is 0 Å². The topological polar surface area (TPSA) is 99.8 Å². The molecule has 2 rings (SSSR count). The maximum atomic E-state index is 12.0. The van der Waals surface area contributed by atoms with Crippen LogP contribution in [-0.4, -0.2) is 19.7 Å². The van der Waals surface area contributed by atoms with Crippen molar-refractivity contribution in [2.75, 3.05) is 0 Å². The first-order chi connectivity index (χ1) is 8.79. The van der Waals surface area contributed by atoms with Crippen LogP contribution in [0.5, 0.6) is 0 Å². The van der Waals surface area contributed by atoms with Crippen LogP contribution in [0, 0.1) is 10.5 Å². The molecule has 2 N–H and O–H groups in total. The van der Waals surface area contributed by atoms with Crippen LogP contribution >= 0.6 is 22.6 Å². The Kier molecular flexibility index (Phi) is 3.72. The van der Waals surface area contributed by atoms with Gasteiger partial charge in [0.15, 0.2) is 5.82 Å². The molecule has 0 saturated carbocycles. The van der Waals surface area contributed by atoms with Crippen molar-refractivity contribution in [3.05, 3.63) is 37.7 Å². The smallest absolute Gasteiger partial charge is 0.267 e. The third-order valence-electron chi connectivity index (χ3n) is 2.54. The van der Waals surface area contributed by atoms with E-state index < -0.39 is 5.54 Å². The summed E-state index contributed by atoms with van der Waals surface area (Å²) in [6.07, 6.45) is 1.54. The van der Waals surface area contributed by atoms with Crippen molar-refractivity contribution >= 4 is 22.6 Å². The highest BCUT2D eigenvalue weighted by Gasteiger charge is 2.22. The van der Waals surface area contributed by atoms with Crippen LogP contribution in [0.3, 0.4) is 0 Å². The van der Waals surface area contributed by atoms with Crippen LogP contribution in [0.25, 0.3) is 0 Å². The molecule has 19 heavy (non-hydrogen) atoms. The lowest BCUT2D eigenvalue weighted by Gasteiger charge is -2.11. The second kappa shape index (κ2) is 5.00. The van der Waals surface area contributed by atoms with Gasteiger partial charge in [0.2, 0.25) is 5.89 Å². The fourth-order valence-electron chi connectivity index (χ4n) is 1.45. The zero-order chi connectivity index (χ0) is 14.2. The highest BCUT2D eigenvalue weighted by Crippen LogP contribution is 2.13. The predicted molar refractivity (Wildman–Crippen MR) is 76.6 cm³/mol. The molecule has 0 spiro atoms. The molecule has 0 bridgehead atoms. The van der Waals surface area contributed by atoms with Crippen molar-refractivity contribution in [2.45, 2.75) is 32.9 Å². The molecule has 7 nitrogen and oxygen atoms in total. The third-order valence-corrected chi connectivity index (χ3v) is 3.28. The Bertz CT molecular complexity index is 656. The maximum Gasteiger partial charge on any atom is 0.267 e. The van der Waals surface area contributed by atoms with E-state index in [0.717, 1.165) is 0 Å². The first-order valence-corrected chi connectivity index (χ1v) is 6.71. The van der Waals surface area contributed by atoms with Gasteiger partial charge in [0.1, 0.15) is 12.4 Å².